The lowest BCUT2D eigenvalue weighted by molar-refractivity contribution is -0.0150. The summed E-state index contributed by atoms with van der Waals surface area (Å²) >= 11 is 0. The Kier molecular flexibility index (Phi) is 7.49. The largest absolute Gasteiger partial charge is 0.378 e. The Bertz CT molecular complexity index is 715. The second kappa shape index (κ2) is 10.1. The van der Waals surface area contributed by atoms with E-state index in [1.54, 1.807) is 6.07 Å². The van der Waals surface area contributed by atoms with E-state index >= 15 is 8.78 Å². The van der Waals surface area contributed by atoms with Gasteiger partial charge in [0.05, 0.1) is 6.10 Å². The van der Waals surface area contributed by atoms with Crippen molar-refractivity contribution in [2.24, 2.45) is 17.8 Å². The van der Waals surface area contributed by atoms with Crippen LogP contribution < -0.4 is 0 Å². The molecule has 30 heavy (non-hydrogen) atoms. The molecule has 0 heterocycles. The third kappa shape index (κ3) is 4.76. The molecular formula is C27H40F2O. The van der Waals surface area contributed by atoms with Gasteiger partial charge in [0.2, 0.25) is 0 Å². The van der Waals surface area contributed by atoms with Crippen LogP contribution in [-0.4, -0.2) is 12.7 Å². The molecule has 4 rings (SSSR count). The predicted octanol–water partition coefficient (Wildman–Crippen LogP) is 7.74. The third-order valence-electron chi connectivity index (χ3n) is 8.26. The van der Waals surface area contributed by atoms with Crippen LogP contribution in [0.2, 0.25) is 0 Å². The minimum atomic E-state index is -0.272. The Hall–Kier alpha value is -0.960. The third-order valence-corrected chi connectivity index (χ3v) is 8.26. The quantitative estimate of drug-likeness (QED) is 0.440. The van der Waals surface area contributed by atoms with Crippen LogP contribution in [0.4, 0.5) is 8.78 Å². The van der Waals surface area contributed by atoms with Gasteiger partial charge in [-0.1, -0.05) is 33.1 Å². The van der Waals surface area contributed by atoms with Crippen LogP contribution in [0.15, 0.2) is 6.07 Å². The summed E-state index contributed by atoms with van der Waals surface area (Å²) in [5.41, 5.74) is 2.20. The zero-order valence-corrected chi connectivity index (χ0v) is 19.0. The Morgan fingerprint density at radius 2 is 1.77 bits per heavy atom. The van der Waals surface area contributed by atoms with Gasteiger partial charge in [-0.05, 0) is 105 Å². The molecule has 0 saturated heterocycles. The summed E-state index contributed by atoms with van der Waals surface area (Å²) in [5.74, 6) is 1.48. The number of fused-ring (bicyclic) bond motifs is 2. The fourth-order valence-electron chi connectivity index (χ4n) is 6.60. The van der Waals surface area contributed by atoms with Crippen molar-refractivity contribution in [3.05, 3.63) is 34.4 Å². The molecule has 3 heteroatoms. The maximum absolute atomic E-state index is 15.5. The second-order valence-electron chi connectivity index (χ2n) is 10.3. The molecule has 0 N–H and O–H groups in total. The van der Waals surface area contributed by atoms with Gasteiger partial charge in [-0.15, -0.1) is 0 Å². The first-order valence-electron chi connectivity index (χ1n) is 12.7. The van der Waals surface area contributed by atoms with Gasteiger partial charge in [0.1, 0.15) is 11.6 Å². The lowest BCUT2D eigenvalue weighted by atomic mass is 9.65. The average Bonchev–Trinajstić information content (AvgIpc) is 2.75. The Morgan fingerprint density at radius 3 is 2.57 bits per heavy atom. The zero-order valence-electron chi connectivity index (χ0n) is 19.0. The minimum Gasteiger partial charge on any atom is -0.378 e. The van der Waals surface area contributed by atoms with E-state index in [-0.39, 0.29) is 17.6 Å². The molecular weight excluding hydrogens is 378 g/mol. The van der Waals surface area contributed by atoms with Crippen molar-refractivity contribution in [2.75, 3.05) is 6.61 Å². The highest BCUT2D eigenvalue weighted by Gasteiger charge is 2.38. The Balaban J connectivity index is 1.44. The van der Waals surface area contributed by atoms with Crippen molar-refractivity contribution in [3.63, 3.8) is 0 Å². The van der Waals surface area contributed by atoms with Crippen LogP contribution in [0.3, 0.4) is 0 Å². The van der Waals surface area contributed by atoms with Gasteiger partial charge in [-0.3, -0.25) is 0 Å². The van der Waals surface area contributed by atoms with Crippen molar-refractivity contribution < 1.29 is 13.5 Å². The average molecular weight is 419 g/mol. The SMILES string of the molecule is CCCCC1CCc2c(cc(F)c(C3CCC4CC(OCCC)CCC4C3)c2F)C1. The van der Waals surface area contributed by atoms with Gasteiger partial charge in [0.25, 0.3) is 0 Å². The van der Waals surface area contributed by atoms with E-state index in [0.717, 1.165) is 81.9 Å². The molecule has 2 fully saturated rings. The van der Waals surface area contributed by atoms with Gasteiger partial charge in [-0.25, -0.2) is 8.78 Å². The lowest BCUT2D eigenvalue weighted by Gasteiger charge is -2.42. The zero-order chi connectivity index (χ0) is 21.1. The van der Waals surface area contributed by atoms with Crippen LogP contribution >= 0.6 is 0 Å². The number of benzene rings is 1. The first-order valence-corrected chi connectivity index (χ1v) is 12.7. The molecule has 2 saturated carbocycles. The fraction of sp³-hybridized carbons (Fsp3) is 0.778. The predicted molar refractivity (Wildman–Crippen MR) is 119 cm³/mol. The monoisotopic (exact) mass is 418 g/mol. The molecule has 0 amide bonds. The van der Waals surface area contributed by atoms with Crippen LogP contribution in [0.5, 0.6) is 0 Å². The van der Waals surface area contributed by atoms with Gasteiger partial charge < -0.3 is 4.74 Å². The molecule has 0 aromatic heterocycles. The first-order chi connectivity index (χ1) is 14.6. The second-order valence-corrected chi connectivity index (χ2v) is 10.3. The molecule has 0 radical (unpaired) electrons. The molecule has 5 unspecified atom stereocenters. The summed E-state index contributed by atoms with van der Waals surface area (Å²) in [4.78, 5) is 0. The van der Waals surface area contributed by atoms with Crippen molar-refractivity contribution in [1.82, 2.24) is 0 Å². The number of hydrogen-bond donors (Lipinski definition) is 0. The summed E-state index contributed by atoms with van der Waals surface area (Å²) in [6, 6.07) is 1.70. The van der Waals surface area contributed by atoms with Crippen molar-refractivity contribution in [1.29, 1.82) is 0 Å². The van der Waals surface area contributed by atoms with Crippen LogP contribution in [0.25, 0.3) is 0 Å². The van der Waals surface area contributed by atoms with Crippen LogP contribution in [0.1, 0.15) is 107 Å². The summed E-state index contributed by atoms with van der Waals surface area (Å²) in [7, 11) is 0. The lowest BCUT2D eigenvalue weighted by Crippen LogP contribution is -2.34. The van der Waals surface area contributed by atoms with E-state index in [9.17, 15) is 0 Å². The minimum absolute atomic E-state index is 0.0578. The van der Waals surface area contributed by atoms with Crippen molar-refractivity contribution >= 4 is 0 Å². The van der Waals surface area contributed by atoms with E-state index in [0.29, 0.717) is 29.4 Å². The van der Waals surface area contributed by atoms with E-state index in [4.69, 9.17) is 4.74 Å². The molecule has 3 aliphatic rings. The summed E-state index contributed by atoms with van der Waals surface area (Å²) in [6.45, 7) is 5.22. The van der Waals surface area contributed by atoms with E-state index < -0.39 is 0 Å². The van der Waals surface area contributed by atoms with Crippen molar-refractivity contribution in [2.45, 2.75) is 109 Å². The number of rotatable bonds is 7. The smallest absolute Gasteiger partial charge is 0.133 e. The highest BCUT2D eigenvalue weighted by atomic mass is 19.1. The number of hydrogen-bond acceptors (Lipinski definition) is 1. The number of halogens is 2. The van der Waals surface area contributed by atoms with Crippen LogP contribution in [0, 0.1) is 29.4 Å². The highest BCUT2D eigenvalue weighted by Crippen LogP contribution is 2.48. The topological polar surface area (TPSA) is 9.23 Å². The molecule has 1 aromatic carbocycles. The molecule has 0 aliphatic heterocycles. The standard InChI is InChI=1S/C27H40F2O/c1-3-5-6-18-7-12-24-22(14-18)17-25(28)26(27(24)29)21-9-8-20-16-23(30-13-4-2)11-10-19(20)15-21/h17-21,23H,3-16H2,1-2H3. The summed E-state index contributed by atoms with van der Waals surface area (Å²) < 4.78 is 36.7. The van der Waals surface area contributed by atoms with Crippen LogP contribution in [-0.2, 0) is 17.6 Å². The number of unbranched alkanes of at least 4 members (excludes halogenated alkanes) is 1. The van der Waals surface area contributed by atoms with Gasteiger partial charge in [0.15, 0.2) is 0 Å². The van der Waals surface area contributed by atoms with Gasteiger partial charge in [-0.2, -0.15) is 0 Å². The van der Waals surface area contributed by atoms with Gasteiger partial charge >= 0.3 is 0 Å². The fourth-order valence-corrected chi connectivity index (χ4v) is 6.60. The Morgan fingerprint density at radius 1 is 0.967 bits per heavy atom. The maximum atomic E-state index is 15.5. The molecule has 0 spiro atoms. The van der Waals surface area contributed by atoms with Gasteiger partial charge in [0, 0.05) is 12.2 Å². The molecule has 0 bridgehead atoms. The number of ether oxygens (including phenoxy) is 1. The van der Waals surface area contributed by atoms with E-state index in [2.05, 4.69) is 13.8 Å². The van der Waals surface area contributed by atoms with E-state index in [1.807, 2.05) is 0 Å². The normalized spacial score (nSPS) is 31.3. The first kappa shape index (κ1) is 22.2. The van der Waals surface area contributed by atoms with E-state index in [1.165, 1.54) is 19.3 Å². The van der Waals surface area contributed by atoms with Crippen molar-refractivity contribution in [3.8, 4) is 0 Å². The maximum Gasteiger partial charge on any atom is 0.133 e. The molecule has 1 nitrogen and oxygen atoms in total. The molecule has 3 aliphatic carbocycles. The molecule has 168 valence electrons. The Labute approximate surface area is 182 Å². The molecule has 5 atom stereocenters. The molecule has 1 aromatic rings. The summed E-state index contributed by atoms with van der Waals surface area (Å²) in [6.07, 6.45) is 14.2. The summed E-state index contributed by atoms with van der Waals surface area (Å²) in [5, 5.41) is 0. The highest BCUT2D eigenvalue weighted by molar-refractivity contribution is 5.39.